The number of rotatable bonds is 0. The molecule has 0 radical (unpaired) electrons. The predicted molar refractivity (Wildman–Crippen MR) is 89.9 cm³/mol. The highest BCUT2D eigenvalue weighted by Gasteiger charge is 2.12. The van der Waals surface area contributed by atoms with Crippen molar-refractivity contribution in [2.45, 2.75) is 0 Å². The minimum absolute atomic E-state index is 0.863. The van der Waals surface area contributed by atoms with Crippen LogP contribution in [-0.4, -0.2) is 15.0 Å². The van der Waals surface area contributed by atoms with Gasteiger partial charge in [-0.25, -0.2) is 0 Å². The average Bonchev–Trinajstić information content (AvgIpc) is 2.61. The Hall–Kier alpha value is -3.07. The van der Waals surface area contributed by atoms with E-state index in [4.69, 9.17) is 0 Å². The first-order valence-electron chi connectivity index (χ1n) is 7.22. The van der Waals surface area contributed by atoms with Gasteiger partial charge in [0.25, 0.3) is 0 Å². The summed E-state index contributed by atoms with van der Waals surface area (Å²) in [6.45, 7) is 0. The van der Waals surface area contributed by atoms with E-state index in [0.29, 0.717) is 0 Å². The lowest BCUT2D eigenvalue weighted by Gasteiger charge is -2.10. The molecular formula is C19H11N3. The second-order valence-electron chi connectivity index (χ2n) is 5.36. The van der Waals surface area contributed by atoms with Gasteiger partial charge in [-0.2, -0.15) is 0 Å². The molecule has 0 fully saturated rings. The monoisotopic (exact) mass is 281 g/mol. The van der Waals surface area contributed by atoms with E-state index in [9.17, 15) is 0 Å². The van der Waals surface area contributed by atoms with E-state index in [0.717, 1.165) is 27.3 Å². The zero-order chi connectivity index (χ0) is 14.5. The average molecular weight is 281 g/mol. The van der Waals surface area contributed by atoms with Gasteiger partial charge in [-0.1, -0.05) is 42.5 Å². The standard InChI is InChI=1S/C19H11N3/c1-2-5-13-12(4-1)7-8-14-15-6-3-9-20-17(15)19-18(16(13)14)21-10-11-22-19/h1-11H. The first-order valence-corrected chi connectivity index (χ1v) is 7.22. The topological polar surface area (TPSA) is 38.7 Å². The molecule has 102 valence electrons. The number of fused-ring (bicyclic) bond motifs is 8. The number of benzene rings is 3. The van der Waals surface area contributed by atoms with Crippen LogP contribution < -0.4 is 0 Å². The lowest BCUT2D eigenvalue weighted by atomic mass is 9.97. The summed E-state index contributed by atoms with van der Waals surface area (Å²) in [6.07, 6.45) is 5.29. The molecule has 0 saturated carbocycles. The number of aromatic nitrogens is 3. The molecule has 2 heterocycles. The third-order valence-corrected chi connectivity index (χ3v) is 4.19. The van der Waals surface area contributed by atoms with Crippen LogP contribution in [0.15, 0.2) is 67.1 Å². The predicted octanol–water partition coefficient (Wildman–Crippen LogP) is 4.48. The maximum absolute atomic E-state index is 4.61. The molecule has 2 aromatic heterocycles. The van der Waals surface area contributed by atoms with Crippen LogP contribution in [0.3, 0.4) is 0 Å². The molecule has 5 aromatic rings. The van der Waals surface area contributed by atoms with E-state index in [2.05, 4.69) is 57.4 Å². The number of nitrogens with zero attached hydrogens (tertiary/aromatic N) is 3. The molecule has 22 heavy (non-hydrogen) atoms. The van der Waals surface area contributed by atoms with Crippen molar-refractivity contribution in [3.05, 3.63) is 67.1 Å². The third-order valence-electron chi connectivity index (χ3n) is 4.19. The van der Waals surface area contributed by atoms with Crippen LogP contribution in [0.4, 0.5) is 0 Å². The molecule has 0 N–H and O–H groups in total. The van der Waals surface area contributed by atoms with E-state index >= 15 is 0 Å². The Morgan fingerprint density at radius 3 is 2.23 bits per heavy atom. The Morgan fingerprint density at radius 1 is 0.500 bits per heavy atom. The molecule has 0 aliphatic carbocycles. The second-order valence-corrected chi connectivity index (χ2v) is 5.36. The van der Waals surface area contributed by atoms with Gasteiger partial charge in [0.15, 0.2) is 0 Å². The molecule has 0 saturated heterocycles. The summed E-state index contributed by atoms with van der Waals surface area (Å²) in [6, 6.07) is 16.8. The number of pyridine rings is 1. The highest BCUT2D eigenvalue weighted by molar-refractivity contribution is 6.28. The highest BCUT2D eigenvalue weighted by Crippen LogP contribution is 2.35. The van der Waals surface area contributed by atoms with Gasteiger partial charge in [0, 0.05) is 29.4 Å². The van der Waals surface area contributed by atoms with Crippen molar-refractivity contribution in [1.29, 1.82) is 0 Å². The summed E-state index contributed by atoms with van der Waals surface area (Å²) in [4.78, 5) is 13.7. The largest absolute Gasteiger partial charge is 0.254 e. The third kappa shape index (κ3) is 1.42. The summed E-state index contributed by atoms with van der Waals surface area (Å²) in [7, 11) is 0. The molecular weight excluding hydrogens is 270 g/mol. The SMILES string of the molecule is c1ccc2c(c1)ccc1c3cccnc3c3nccnc3c21. The van der Waals surface area contributed by atoms with Gasteiger partial charge in [0.05, 0.1) is 11.0 Å². The van der Waals surface area contributed by atoms with Crippen LogP contribution in [0.1, 0.15) is 0 Å². The van der Waals surface area contributed by atoms with Gasteiger partial charge in [0.2, 0.25) is 0 Å². The Labute approximate surface area is 126 Å². The Kier molecular flexibility index (Phi) is 2.22. The summed E-state index contributed by atoms with van der Waals surface area (Å²) in [5.41, 5.74) is 2.69. The first kappa shape index (κ1) is 11.6. The fourth-order valence-electron chi connectivity index (χ4n) is 3.26. The molecule has 0 spiro atoms. The van der Waals surface area contributed by atoms with Gasteiger partial charge in [-0.15, -0.1) is 0 Å². The fourth-order valence-corrected chi connectivity index (χ4v) is 3.26. The molecule has 5 rings (SSSR count). The molecule has 0 amide bonds. The van der Waals surface area contributed by atoms with Crippen molar-refractivity contribution in [2.24, 2.45) is 0 Å². The van der Waals surface area contributed by atoms with Gasteiger partial charge < -0.3 is 0 Å². The summed E-state index contributed by atoms with van der Waals surface area (Å²) in [5, 5.41) is 5.87. The molecule has 0 aliphatic heterocycles. The molecule has 0 unspecified atom stereocenters. The Bertz CT molecular complexity index is 1140. The zero-order valence-corrected chi connectivity index (χ0v) is 11.7. The van der Waals surface area contributed by atoms with Crippen molar-refractivity contribution in [3.8, 4) is 0 Å². The van der Waals surface area contributed by atoms with Gasteiger partial charge in [-0.3, -0.25) is 15.0 Å². The van der Waals surface area contributed by atoms with Crippen molar-refractivity contribution >= 4 is 43.5 Å². The van der Waals surface area contributed by atoms with E-state index in [1.165, 1.54) is 16.2 Å². The van der Waals surface area contributed by atoms with Crippen molar-refractivity contribution in [1.82, 2.24) is 15.0 Å². The summed E-state index contributed by atoms with van der Waals surface area (Å²) in [5.74, 6) is 0. The fraction of sp³-hybridized carbons (Fsp3) is 0. The molecule has 3 heteroatoms. The molecule has 0 bridgehead atoms. The van der Waals surface area contributed by atoms with E-state index in [1.54, 1.807) is 12.4 Å². The second kappa shape index (κ2) is 4.21. The van der Waals surface area contributed by atoms with Gasteiger partial charge in [-0.05, 0) is 22.2 Å². The van der Waals surface area contributed by atoms with Crippen molar-refractivity contribution in [3.63, 3.8) is 0 Å². The molecule has 0 aliphatic rings. The minimum Gasteiger partial charge on any atom is -0.254 e. The maximum atomic E-state index is 4.61. The van der Waals surface area contributed by atoms with Crippen LogP contribution >= 0.6 is 0 Å². The normalized spacial score (nSPS) is 11.6. The zero-order valence-electron chi connectivity index (χ0n) is 11.7. The van der Waals surface area contributed by atoms with Crippen LogP contribution in [0, 0.1) is 0 Å². The molecule has 0 atom stereocenters. The highest BCUT2D eigenvalue weighted by atomic mass is 14.8. The van der Waals surface area contributed by atoms with Crippen LogP contribution in [0.25, 0.3) is 43.5 Å². The number of hydrogen-bond acceptors (Lipinski definition) is 3. The molecule has 3 nitrogen and oxygen atoms in total. The summed E-state index contributed by atoms with van der Waals surface area (Å²) < 4.78 is 0. The van der Waals surface area contributed by atoms with Crippen LogP contribution in [-0.2, 0) is 0 Å². The first-order chi connectivity index (χ1) is 10.9. The Balaban J connectivity index is 2.24. The van der Waals surface area contributed by atoms with E-state index in [1.807, 2.05) is 12.3 Å². The molecule has 3 aromatic carbocycles. The Morgan fingerprint density at radius 2 is 1.27 bits per heavy atom. The lowest BCUT2D eigenvalue weighted by molar-refractivity contribution is 1.30. The van der Waals surface area contributed by atoms with Crippen LogP contribution in [0.5, 0.6) is 0 Å². The summed E-state index contributed by atoms with van der Waals surface area (Å²) >= 11 is 0. The smallest absolute Gasteiger partial charge is 0.116 e. The number of hydrogen-bond donors (Lipinski definition) is 0. The minimum atomic E-state index is 0.863. The van der Waals surface area contributed by atoms with Gasteiger partial charge >= 0.3 is 0 Å². The van der Waals surface area contributed by atoms with Crippen LogP contribution in [0.2, 0.25) is 0 Å². The van der Waals surface area contributed by atoms with Gasteiger partial charge in [0.1, 0.15) is 5.52 Å². The quantitative estimate of drug-likeness (QED) is 0.393. The van der Waals surface area contributed by atoms with Crippen molar-refractivity contribution in [2.75, 3.05) is 0 Å². The van der Waals surface area contributed by atoms with Crippen molar-refractivity contribution < 1.29 is 0 Å². The lowest BCUT2D eigenvalue weighted by Crippen LogP contribution is -1.90. The maximum Gasteiger partial charge on any atom is 0.116 e. The van der Waals surface area contributed by atoms with E-state index in [-0.39, 0.29) is 0 Å². The van der Waals surface area contributed by atoms with E-state index < -0.39 is 0 Å².